The molecule has 27 heavy (non-hydrogen) atoms. The summed E-state index contributed by atoms with van der Waals surface area (Å²) in [6.07, 6.45) is 2.55. The van der Waals surface area contributed by atoms with Crippen LogP contribution in [0.2, 0.25) is 0 Å². The van der Waals surface area contributed by atoms with Gasteiger partial charge >= 0.3 is 0 Å². The number of rotatable bonds is 7. The van der Waals surface area contributed by atoms with Crippen molar-refractivity contribution >= 4 is 5.91 Å². The van der Waals surface area contributed by atoms with Crippen molar-refractivity contribution in [3.63, 3.8) is 0 Å². The summed E-state index contributed by atoms with van der Waals surface area (Å²) in [6.45, 7) is -0.269. The predicted molar refractivity (Wildman–Crippen MR) is 102 cm³/mol. The number of benzene rings is 2. The van der Waals surface area contributed by atoms with Crippen LogP contribution in [0.5, 0.6) is 0 Å². The third-order valence-electron chi connectivity index (χ3n) is 5.52. The van der Waals surface area contributed by atoms with Crippen LogP contribution in [-0.2, 0) is 10.2 Å². The maximum Gasteiger partial charge on any atom is 0.230 e. The van der Waals surface area contributed by atoms with Crippen LogP contribution in [0.15, 0.2) is 54.6 Å². The second-order valence-electron chi connectivity index (χ2n) is 7.31. The lowest BCUT2D eigenvalue weighted by molar-refractivity contribution is -0.128. The number of aliphatic hydroxyl groups is 2. The highest BCUT2D eigenvalue weighted by molar-refractivity contribution is 5.88. The number of hydrogen-bond acceptors (Lipinski definition) is 3. The molecule has 1 fully saturated rings. The first-order valence-corrected chi connectivity index (χ1v) is 9.46. The van der Waals surface area contributed by atoms with Crippen LogP contribution in [0.25, 0.3) is 0 Å². The molecular weight excluding hydrogens is 345 g/mol. The summed E-state index contributed by atoms with van der Waals surface area (Å²) in [7, 11) is 0. The minimum atomic E-state index is -0.780. The van der Waals surface area contributed by atoms with Gasteiger partial charge in [0.05, 0.1) is 24.2 Å². The number of hydrogen-bond donors (Lipinski definition) is 3. The standard InChI is InChI=1S/C22H26FNO3/c23-18-10-6-9-17(13-18)22(11-4-5-12-22)21(27)24-19(15-25)14-20(26)16-7-2-1-3-8-16/h1-3,6-10,13,19-20,25-26H,4-5,11-12,14-15H2,(H,24,27). The van der Waals surface area contributed by atoms with Crippen molar-refractivity contribution in [3.8, 4) is 0 Å². The number of carbonyl (C=O) groups is 1. The zero-order valence-corrected chi connectivity index (χ0v) is 15.3. The zero-order chi connectivity index (χ0) is 19.3. The van der Waals surface area contributed by atoms with Gasteiger partial charge in [-0.25, -0.2) is 4.39 Å². The number of nitrogens with one attached hydrogen (secondary N) is 1. The molecule has 1 saturated carbocycles. The second kappa shape index (κ2) is 8.63. The Morgan fingerprint density at radius 1 is 1.11 bits per heavy atom. The zero-order valence-electron chi connectivity index (χ0n) is 15.3. The highest BCUT2D eigenvalue weighted by Crippen LogP contribution is 2.41. The first-order valence-electron chi connectivity index (χ1n) is 9.46. The van der Waals surface area contributed by atoms with E-state index in [1.54, 1.807) is 12.1 Å². The Kier molecular flexibility index (Phi) is 6.24. The molecule has 0 saturated heterocycles. The molecular formula is C22H26FNO3. The highest BCUT2D eigenvalue weighted by Gasteiger charge is 2.43. The Balaban J connectivity index is 1.74. The SMILES string of the molecule is O=C(NC(CO)CC(O)c1ccccc1)C1(c2cccc(F)c2)CCCC1. The van der Waals surface area contributed by atoms with Gasteiger partial charge in [-0.2, -0.15) is 0 Å². The van der Waals surface area contributed by atoms with Gasteiger partial charge in [0.25, 0.3) is 0 Å². The van der Waals surface area contributed by atoms with Crippen molar-refractivity contribution in [2.24, 2.45) is 0 Å². The first-order chi connectivity index (χ1) is 13.0. The van der Waals surface area contributed by atoms with Gasteiger partial charge < -0.3 is 15.5 Å². The highest BCUT2D eigenvalue weighted by atomic mass is 19.1. The average Bonchev–Trinajstić information content (AvgIpc) is 3.19. The number of carbonyl (C=O) groups excluding carboxylic acids is 1. The fourth-order valence-corrected chi connectivity index (χ4v) is 3.99. The summed E-state index contributed by atoms with van der Waals surface area (Å²) in [5.74, 6) is -0.560. The molecule has 0 spiro atoms. The molecule has 0 aromatic heterocycles. The van der Waals surface area contributed by atoms with Crippen molar-refractivity contribution in [2.45, 2.75) is 49.7 Å². The second-order valence-corrected chi connectivity index (χ2v) is 7.31. The number of aliphatic hydroxyl groups excluding tert-OH is 2. The minimum absolute atomic E-state index is 0.204. The van der Waals surface area contributed by atoms with Gasteiger partial charge in [-0.3, -0.25) is 4.79 Å². The third kappa shape index (κ3) is 4.37. The molecule has 1 amide bonds. The van der Waals surface area contributed by atoms with E-state index in [0.29, 0.717) is 18.4 Å². The molecule has 2 aromatic carbocycles. The normalized spacial score (nSPS) is 18.0. The van der Waals surface area contributed by atoms with Crippen LogP contribution in [-0.4, -0.2) is 28.8 Å². The van der Waals surface area contributed by atoms with E-state index in [9.17, 15) is 19.4 Å². The van der Waals surface area contributed by atoms with Gasteiger partial charge in [-0.1, -0.05) is 55.3 Å². The Morgan fingerprint density at radius 3 is 2.44 bits per heavy atom. The minimum Gasteiger partial charge on any atom is -0.394 e. The van der Waals surface area contributed by atoms with Crippen molar-refractivity contribution < 1.29 is 19.4 Å². The van der Waals surface area contributed by atoms with E-state index in [1.165, 1.54) is 12.1 Å². The summed E-state index contributed by atoms with van der Waals surface area (Å²) >= 11 is 0. The van der Waals surface area contributed by atoms with E-state index in [2.05, 4.69) is 5.32 Å². The summed E-state index contributed by atoms with van der Waals surface area (Å²) in [5.41, 5.74) is 0.649. The van der Waals surface area contributed by atoms with Gasteiger partial charge in [0, 0.05) is 0 Å². The molecule has 5 heteroatoms. The molecule has 0 heterocycles. The maximum atomic E-state index is 13.7. The first kappa shape index (κ1) is 19.5. The quantitative estimate of drug-likeness (QED) is 0.700. The monoisotopic (exact) mass is 371 g/mol. The van der Waals surface area contributed by atoms with E-state index in [0.717, 1.165) is 18.4 Å². The molecule has 3 N–H and O–H groups in total. The van der Waals surface area contributed by atoms with Crippen LogP contribution < -0.4 is 5.32 Å². The van der Waals surface area contributed by atoms with Gasteiger partial charge in [0.15, 0.2) is 0 Å². The summed E-state index contributed by atoms with van der Waals surface area (Å²) in [4.78, 5) is 13.1. The molecule has 0 bridgehead atoms. The molecule has 1 aliphatic carbocycles. The third-order valence-corrected chi connectivity index (χ3v) is 5.52. The number of amides is 1. The van der Waals surface area contributed by atoms with E-state index >= 15 is 0 Å². The fourth-order valence-electron chi connectivity index (χ4n) is 3.99. The van der Waals surface area contributed by atoms with Gasteiger partial charge in [0.1, 0.15) is 5.82 Å². The predicted octanol–water partition coefficient (Wildman–Crippen LogP) is 3.24. The van der Waals surface area contributed by atoms with Gasteiger partial charge in [-0.15, -0.1) is 0 Å². The van der Waals surface area contributed by atoms with E-state index in [4.69, 9.17) is 0 Å². The smallest absolute Gasteiger partial charge is 0.230 e. The van der Waals surface area contributed by atoms with Crippen LogP contribution in [0.3, 0.4) is 0 Å². The molecule has 2 aromatic rings. The van der Waals surface area contributed by atoms with Crippen LogP contribution in [0.1, 0.15) is 49.3 Å². The van der Waals surface area contributed by atoms with E-state index in [1.807, 2.05) is 30.3 Å². The Hall–Kier alpha value is -2.24. The molecule has 4 nitrogen and oxygen atoms in total. The fraction of sp³-hybridized carbons (Fsp3) is 0.409. The van der Waals surface area contributed by atoms with Crippen LogP contribution in [0, 0.1) is 5.82 Å². The summed E-state index contributed by atoms with van der Waals surface area (Å²) in [5, 5.41) is 23.0. The molecule has 3 rings (SSSR count). The molecule has 2 unspecified atom stereocenters. The topological polar surface area (TPSA) is 69.6 Å². The maximum absolute atomic E-state index is 13.7. The van der Waals surface area contributed by atoms with Crippen molar-refractivity contribution in [1.82, 2.24) is 5.32 Å². The lowest BCUT2D eigenvalue weighted by Crippen LogP contribution is -2.48. The molecule has 2 atom stereocenters. The van der Waals surface area contributed by atoms with E-state index in [-0.39, 0.29) is 24.8 Å². The van der Waals surface area contributed by atoms with E-state index < -0.39 is 17.6 Å². The van der Waals surface area contributed by atoms with Crippen LogP contribution in [0.4, 0.5) is 4.39 Å². The van der Waals surface area contributed by atoms with Gasteiger partial charge in [-0.05, 0) is 42.5 Å². The Morgan fingerprint density at radius 2 is 1.81 bits per heavy atom. The lowest BCUT2D eigenvalue weighted by atomic mass is 9.77. The number of halogens is 1. The van der Waals surface area contributed by atoms with Gasteiger partial charge in [0.2, 0.25) is 5.91 Å². The Bertz CT molecular complexity index is 759. The van der Waals surface area contributed by atoms with Crippen molar-refractivity contribution in [3.05, 3.63) is 71.5 Å². The van der Waals surface area contributed by atoms with Crippen molar-refractivity contribution in [2.75, 3.05) is 6.61 Å². The largest absolute Gasteiger partial charge is 0.394 e. The molecule has 1 aliphatic rings. The molecule has 0 radical (unpaired) electrons. The average molecular weight is 371 g/mol. The lowest BCUT2D eigenvalue weighted by Gasteiger charge is -2.31. The molecule has 144 valence electrons. The Labute approximate surface area is 159 Å². The summed E-state index contributed by atoms with van der Waals surface area (Å²) < 4.78 is 13.7. The summed E-state index contributed by atoms with van der Waals surface area (Å²) in [6, 6.07) is 14.8. The van der Waals surface area contributed by atoms with Crippen LogP contribution >= 0.6 is 0 Å². The van der Waals surface area contributed by atoms with Crippen molar-refractivity contribution in [1.29, 1.82) is 0 Å². The molecule has 0 aliphatic heterocycles.